The summed E-state index contributed by atoms with van der Waals surface area (Å²) in [6.45, 7) is 6.94. The van der Waals surface area contributed by atoms with Crippen molar-refractivity contribution in [2.75, 3.05) is 0 Å². The molecular formula is C14H30. The van der Waals surface area contributed by atoms with E-state index >= 15 is 0 Å². The molecule has 0 unspecified atom stereocenters. The first-order valence-electron chi connectivity index (χ1n) is 6.85. The molecule has 0 atom stereocenters. The summed E-state index contributed by atoms with van der Waals surface area (Å²) in [6.07, 6.45) is 14.4. The number of hydrogen-bond acceptors (Lipinski definition) is 0. The van der Waals surface area contributed by atoms with Crippen LogP contribution < -0.4 is 0 Å². The maximum absolute atomic E-state index is 2.33. The average Bonchev–Trinajstić information content (AvgIpc) is 2.22. The lowest BCUT2D eigenvalue weighted by atomic mass is 9.96. The third-order valence-corrected chi connectivity index (χ3v) is 3.37. The average molecular weight is 198 g/mol. The normalized spacial score (nSPS) is 11.1. The van der Waals surface area contributed by atoms with E-state index in [1.807, 2.05) is 0 Å². The van der Waals surface area contributed by atoms with Gasteiger partial charge in [0.15, 0.2) is 0 Å². The van der Waals surface area contributed by atoms with Crippen molar-refractivity contribution in [1.29, 1.82) is 0 Å². The number of unbranched alkanes of at least 4 members (excludes halogenated alkanes) is 6. The molecule has 0 rings (SSSR count). The van der Waals surface area contributed by atoms with Crippen molar-refractivity contribution in [2.24, 2.45) is 5.92 Å². The van der Waals surface area contributed by atoms with E-state index in [9.17, 15) is 0 Å². The van der Waals surface area contributed by atoms with Crippen LogP contribution in [0.3, 0.4) is 0 Å². The molecule has 0 saturated heterocycles. The van der Waals surface area contributed by atoms with Crippen molar-refractivity contribution in [3.63, 3.8) is 0 Å². The molecule has 0 saturated carbocycles. The molecule has 0 aromatic heterocycles. The zero-order chi connectivity index (χ0) is 10.6. The van der Waals surface area contributed by atoms with E-state index in [0.717, 1.165) is 5.92 Å². The molecule has 0 nitrogen and oxygen atoms in total. The molecule has 0 amide bonds. The van der Waals surface area contributed by atoms with Gasteiger partial charge in [-0.15, -0.1) is 0 Å². The Labute approximate surface area is 91.5 Å². The fourth-order valence-corrected chi connectivity index (χ4v) is 2.09. The molecule has 0 aromatic carbocycles. The van der Waals surface area contributed by atoms with Gasteiger partial charge in [0, 0.05) is 0 Å². The van der Waals surface area contributed by atoms with Gasteiger partial charge in [-0.05, 0) is 5.92 Å². The predicted octanol–water partition coefficient (Wildman–Crippen LogP) is 5.56. The van der Waals surface area contributed by atoms with Crippen LogP contribution in [0.5, 0.6) is 0 Å². The van der Waals surface area contributed by atoms with E-state index < -0.39 is 0 Å². The number of rotatable bonds is 10. The van der Waals surface area contributed by atoms with E-state index in [1.165, 1.54) is 64.2 Å². The topological polar surface area (TPSA) is 0 Å². The van der Waals surface area contributed by atoms with E-state index in [-0.39, 0.29) is 0 Å². The van der Waals surface area contributed by atoms with E-state index in [2.05, 4.69) is 20.8 Å². The molecule has 0 bridgehead atoms. The highest BCUT2D eigenvalue weighted by Gasteiger charge is 2.01. The first kappa shape index (κ1) is 14.0. The van der Waals surface area contributed by atoms with E-state index in [4.69, 9.17) is 0 Å². The van der Waals surface area contributed by atoms with Crippen molar-refractivity contribution in [1.82, 2.24) is 0 Å². The zero-order valence-electron chi connectivity index (χ0n) is 10.6. The van der Waals surface area contributed by atoms with Crippen LogP contribution >= 0.6 is 0 Å². The molecule has 0 spiro atoms. The fraction of sp³-hybridized carbons (Fsp3) is 1.00. The van der Waals surface area contributed by atoms with Crippen LogP contribution in [-0.2, 0) is 0 Å². The third kappa shape index (κ3) is 8.59. The monoisotopic (exact) mass is 198 g/mol. The SMILES string of the molecule is CCCCCCCCCC(CC)CC. The Morgan fingerprint density at radius 2 is 1.14 bits per heavy atom. The second-order valence-corrected chi connectivity index (χ2v) is 4.59. The minimum atomic E-state index is 1.01. The summed E-state index contributed by atoms with van der Waals surface area (Å²) in [5.41, 5.74) is 0. The van der Waals surface area contributed by atoms with Crippen molar-refractivity contribution >= 4 is 0 Å². The van der Waals surface area contributed by atoms with Gasteiger partial charge in [-0.2, -0.15) is 0 Å². The summed E-state index contributed by atoms with van der Waals surface area (Å²) in [5, 5.41) is 0. The van der Waals surface area contributed by atoms with Gasteiger partial charge in [0.2, 0.25) is 0 Å². The molecule has 0 heteroatoms. The quantitative estimate of drug-likeness (QED) is 0.403. The summed E-state index contributed by atoms with van der Waals surface area (Å²) in [4.78, 5) is 0. The highest BCUT2D eigenvalue weighted by Crippen LogP contribution is 2.17. The first-order chi connectivity index (χ1) is 6.85. The molecule has 14 heavy (non-hydrogen) atoms. The minimum Gasteiger partial charge on any atom is -0.0654 e. The van der Waals surface area contributed by atoms with Gasteiger partial charge in [-0.3, -0.25) is 0 Å². The maximum atomic E-state index is 2.33. The van der Waals surface area contributed by atoms with Gasteiger partial charge < -0.3 is 0 Å². The Kier molecular flexibility index (Phi) is 11.1. The Bertz CT molecular complexity index is 92.2. The second kappa shape index (κ2) is 11.1. The van der Waals surface area contributed by atoms with Crippen molar-refractivity contribution in [3.05, 3.63) is 0 Å². The van der Waals surface area contributed by atoms with Crippen LogP contribution in [0.1, 0.15) is 85.0 Å². The summed E-state index contributed by atoms with van der Waals surface area (Å²) < 4.78 is 0. The van der Waals surface area contributed by atoms with E-state index in [1.54, 1.807) is 0 Å². The van der Waals surface area contributed by atoms with Crippen LogP contribution in [0, 0.1) is 5.92 Å². The molecule has 0 aromatic rings. The molecule has 0 aliphatic heterocycles. The predicted molar refractivity (Wildman–Crippen MR) is 66.7 cm³/mol. The van der Waals surface area contributed by atoms with Crippen molar-refractivity contribution < 1.29 is 0 Å². The summed E-state index contributed by atoms with van der Waals surface area (Å²) in [5.74, 6) is 1.01. The first-order valence-corrected chi connectivity index (χ1v) is 6.85. The maximum Gasteiger partial charge on any atom is -0.0420 e. The number of hydrogen-bond donors (Lipinski definition) is 0. The fourth-order valence-electron chi connectivity index (χ4n) is 2.09. The van der Waals surface area contributed by atoms with Crippen molar-refractivity contribution in [3.8, 4) is 0 Å². The lowest BCUT2D eigenvalue weighted by molar-refractivity contribution is 0.426. The largest absolute Gasteiger partial charge is 0.0654 e. The lowest BCUT2D eigenvalue weighted by Gasteiger charge is -2.11. The standard InChI is InChI=1S/C14H30/c1-4-7-8-9-10-11-12-13-14(5-2)6-3/h14H,4-13H2,1-3H3. The molecular weight excluding hydrogens is 168 g/mol. The molecule has 86 valence electrons. The molecule has 0 heterocycles. The van der Waals surface area contributed by atoms with Gasteiger partial charge >= 0.3 is 0 Å². The smallest absolute Gasteiger partial charge is 0.0420 e. The highest BCUT2D eigenvalue weighted by molar-refractivity contribution is 4.55. The van der Waals surface area contributed by atoms with Gasteiger partial charge in [0.1, 0.15) is 0 Å². The minimum absolute atomic E-state index is 1.01. The zero-order valence-corrected chi connectivity index (χ0v) is 10.6. The van der Waals surface area contributed by atoms with Crippen LogP contribution in [0.15, 0.2) is 0 Å². The lowest BCUT2D eigenvalue weighted by Crippen LogP contribution is -1.96. The Morgan fingerprint density at radius 3 is 1.64 bits per heavy atom. The van der Waals surface area contributed by atoms with Crippen LogP contribution in [-0.4, -0.2) is 0 Å². The van der Waals surface area contributed by atoms with Gasteiger partial charge in [-0.25, -0.2) is 0 Å². The Hall–Kier alpha value is 0. The summed E-state index contributed by atoms with van der Waals surface area (Å²) in [7, 11) is 0. The van der Waals surface area contributed by atoms with E-state index in [0.29, 0.717) is 0 Å². The Balaban J connectivity index is 3.04. The van der Waals surface area contributed by atoms with Crippen LogP contribution in [0.25, 0.3) is 0 Å². The Morgan fingerprint density at radius 1 is 0.643 bits per heavy atom. The summed E-state index contributed by atoms with van der Waals surface area (Å²) in [6, 6.07) is 0. The van der Waals surface area contributed by atoms with Gasteiger partial charge in [0.05, 0.1) is 0 Å². The highest BCUT2D eigenvalue weighted by atomic mass is 14.1. The molecule has 0 N–H and O–H groups in total. The van der Waals surface area contributed by atoms with Crippen LogP contribution in [0.2, 0.25) is 0 Å². The van der Waals surface area contributed by atoms with Gasteiger partial charge in [-0.1, -0.05) is 85.0 Å². The van der Waals surface area contributed by atoms with Gasteiger partial charge in [0.25, 0.3) is 0 Å². The molecule has 0 radical (unpaired) electrons. The summed E-state index contributed by atoms with van der Waals surface area (Å²) >= 11 is 0. The second-order valence-electron chi connectivity index (χ2n) is 4.59. The molecule has 0 aliphatic carbocycles. The van der Waals surface area contributed by atoms with Crippen LogP contribution in [0.4, 0.5) is 0 Å². The van der Waals surface area contributed by atoms with Crippen molar-refractivity contribution in [2.45, 2.75) is 85.0 Å². The molecule has 0 aliphatic rings. The molecule has 0 fully saturated rings. The third-order valence-electron chi connectivity index (χ3n) is 3.37.